The highest BCUT2D eigenvalue weighted by molar-refractivity contribution is 8.30. The third-order valence-electron chi connectivity index (χ3n) is 0.700. The van der Waals surface area contributed by atoms with Gasteiger partial charge in [0.1, 0.15) is 4.33 Å². The lowest BCUT2D eigenvalue weighted by Crippen LogP contribution is -2.19. The first-order chi connectivity index (χ1) is 5.63. The topological polar surface area (TPSA) is 115 Å². The van der Waals surface area contributed by atoms with Crippen LogP contribution in [0.4, 0.5) is 0 Å². The monoisotopic (exact) mass is 203 g/mol. The van der Waals surface area contributed by atoms with Crippen LogP contribution in [0.1, 0.15) is 0 Å². The summed E-state index contributed by atoms with van der Waals surface area (Å²) in [7, 11) is -3.42. The zero-order chi connectivity index (χ0) is 9.61. The number of nitriles is 2. The molecular formula is C3HN5O2S2. The van der Waals surface area contributed by atoms with Gasteiger partial charge in [-0.3, -0.25) is 0 Å². The molecular weight excluding hydrogens is 202 g/mol. The predicted molar refractivity (Wildman–Crippen MR) is 44.0 cm³/mol. The quantitative estimate of drug-likeness (QED) is 0.178. The maximum atomic E-state index is 10.3. The molecule has 0 aliphatic carbocycles. The van der Waals surface area contributed by atoms with Crippen LogP contribution in [-0.2, 0) is 0 Å². The first-order valence-corrected chi connectivity index (χ1v) is 4.22. The molecule has 0 saturated heterocycles. The zero-order valence-electron chi connectivity index (χ0n) is 5.42. The van der Waals surface area contributed by atoms with Crippen molar-refractivity contribution in [3.8, 4) is 11.6 Å². The van der Waals surface area contributed by atoms with Crippen LogP contribution in [0, 0.1) is 32.2 Å². The van der Waals surface area contributed by atoms with Crippen LogP contribution in [0.5, 0.6) is 0 Å². The Labute approximate surface area is 74.2 Å². The van der Waals surface area contributed by atoms with E-state index in [1.165, 1.54) is 11.6 Å². The number of nitrogens with zero attached hydrogens (tertiary/aromatic N) is 4. The van der Waals surface area contributed by atoms with Gasteiger partial charge in [-0.15, -0.1) is 0 Å². The molecule has 0 saturated carbocycles. The summed E-state index contributed by atoms with van der Waals surface area (Å²) in [6, 6.07) is 0. The number of hydrogen-bond acceptors (Lipinski definition) is 7. The second-order valence-corrected chi connectivity index (χ2v) is 3.41. The summed E-state index contributed by atoms with van der Waals surface area (Å²) in [6.45, 7) is 0. The molecule has 7 nitrogen and oxygen atoms in total. The van der Waals surface area contributed by atoms with E-state index in [1.807, 2.05) is 0 Å². The van der Waals surface area contributed by atoms with Crippen LogP contribution in [0.2, 0.25) is 0 Å². The largest absolute Gasteiger partial charge is 0.319 e. The molecule has 1 unspecified atom stereocenters. The second-order valence-electron chi connectivity index (χ2n) is 1.26. The molecule has 9 heteroatoms. The Morgan fingerprint density at radius 2 is 2.25 bits per heavy atom. The van der Waals surface area contributed by atoms with E-state index >= 15 is 0 Å². The molecule has 0 aliphatic rings. The standard InChI is InChI=1S/C3HN5O2S2/c4-1-6-12(2-5,7-3-11)8(9)10/h6H. The SMILES string of the molecule is N#CNS(C#N)(N=C=S)[N+](=O)[O-]. The molecule has 0 spiro atoms. The van der Waals surface area contributed by atoms with Crippen molar-refractivity contribution >= 4 is 28.0 Å². The average molecular weight is 203 g/mol. The minimum absolute atomic E-state index is 0.991. The van der Waals surface area contributed by atoms with Gasteiger partial charge in [0, 0.05) is 0 Å². The summed E-state index contributed by atoms with van der Waals surface area (Å²) >= 11 is 4.10. The van der Waals surface area contributed by atoms with E-state index in [1.54, 1.807) is 9.88 Å². The number of rotatable bonds is 3. The van der Waals surface area contributed by atoms with E-state index in [0.717, 1.165) is 0 Å². The van der Waals surface area contributed by atoms with E-state index < -0.39 is 14.9 Å². The molecule has 0 bridgehead atoms. The Morgan fingerprint density at radius 3 is 2.50 bits per heavy atom. The Morgan fingerprint density at radius 1 is 1.67 bits per heavy atom. The molecule has 1 N–H and O–H groups in total. The van der Waals surface area contributed by atoms with Gasteiger partial charge < -0.3 is 0 Å². The van der Waals surface area contributed by atoms with Gasteiger partial charge in [-0.2, -0.15) is 10.5 Å². The summed E-state index contributed by atoms with van der Waals surface area (Å²) in [4.78, 5) is 10.3. The highest BCUT2D eigenvalue weighted by atomic mass is 32.3. The third kappa shape index (κ3) is 1.90. The first-order valence-electron chi connectivity index (χ1n) is 2.26. The van der Waals surface area contributed by atoms with Gasteiger partial charge in [-0.05, 0) is 12.2 Å². The fourth-order valence-electron chi connectivity index (χ4n) is 0.288. The summed E-state index contributed by atoms with van der Waals surface area (Å²) in [5, 5.41) is 29.7. The number of isothiocyanates is 1. The van der Waals surface area contributed by atoms with E-state index in [-0.39, 0.29) is 0 Å². The van der Waals surface area contributed by atoms with Crippen molar-refractivity contribution in [3.63, 3.8) is 0 Å². The fraction of sp³-hybridized carbons (Fsp3) is 0. The zero-order valence-corrected chi connectivity index (χ0v) is 7.05. The molecule has 0 aromatic carbocycles. The normalized spacial score (nSPS) is 15.2. The number of hydrogen-bond donors (Lipinski definition) is 1. The molecule has 0 aromatic rings. The van der Waals surface area contributed by atoms with E-state index in [9.17, 15) is 10.1 Å². The second kappa shape index (κ2) is 4.26. The van der Waals surface area contributed by atoms with E-state index in [2.05, 4.69) is 16.6 Å². The minimum Gasteiger partial charge on any atom is -0.248 e. The molecule has 0 amide bonds. The predicted octanol–water partition coefficient (Wildman–Crippen LogP) is 0.467. The van der Waals surface area contributed by atoms with Gasteiger partial charge >= 0.3 is 10.6 Å². The molecule has 0 rings (SSSR count). The number of nitrogens with one attached hydrogen (secondary N) is 1. The van der Waals surface area contributed by atoms with Crippen molar-refractivity contribution in [2.24, 2.45) is 4.40 Å². The van der Waals surface area contributed by atoms with Crippen LogP contribution in [0.15, 0.2) is 4.40 Å². The van der Waals surface area contributed by atoms with Crippen molar-refractivity contribution in [1.82, 2.24) is 4.72 Å². The number of thiocarbonyl (C=S) groups is 1. The summed E-state index contributed by atoms with van der Waals surface area (Å²) in [5.74, 6) is 0. The van der Waals surface area contributed by atoms with Crippen molar-refractivity contribution in [2.45, 2.75) is 0 Å². The summed E-state index contributed by atoms with van der Waals surface area (Å²) in [6.07, 6.45) is 1.27. The van der Waals surface area contributed by atoms with Crippen molar-refractivity contribution in [2.75, 3.05) is 0 Å². The van der Waals surface area contributed by atoms with Gasteiger partial charge in [0.05, 0.1) is 5.16 Å². The Balaban J connectivity index is 5.09. The van der Waals surface area contributed by atoms with Crippen molar-refractivity contribution in [3.05, 3.63) is 10.1 Å². The molecule has 0 aliphatic heterocycles. The summed E-state index contributed by atoms with van der Waals surface area (Å²) < 4.78 is 3.71. The highest BCUT2D eigenvalue weighted by Gasteiger charge is 2.36. The Kier molecular flexibility index (Phi) is 3.67. The molecule has 1 atom stereocenters. The molecule has 0 fully saturated rings. The van der Waals surface area contributed by atoms with Gasteiger partial charge in [-0.1, -0.05) is 4.40 Å². The molecule has 0 radical (unpaired) electrons. The van der Waals surface area contributed by atoms with Crippen LogP contribution in [0.25, 0.3) is 0 Å². The maximum Gasteiger partial charge on any atom is 0.319 e. The Hall–Kier alpha value is -1.67. The van der Waals surface area contributed by atoms with E-state index in [0.29, 0.717) is 0 Å². The number of thiocyanates is 1. The smallest absolute Gasteiger partial charge is 0.248 e. The van der Waals surface area contributed by atoms with Crippen molar-refractivity contribution in [1.29, 1.82) is 10.5 Å². The van der Waals surface area contributed by atoms with Gasteiger partial charge in [-0.25, -0.2) is 14.8 Å². The summed E-state index contributed by atoms with van der Waals surface area (Å²) in [5.41, 5.74) is 0. The Bertz CT molecular complexity index is 319. The lowest BCUT2D eigenvalue weighted by molar-refractivity contribution is -0.296. The van der Waals surface area contributed by atoms with Gasteiger partial charge in [0.15, 0.2) is 6.19 Å². The minimum atomic E-state index is -3.42. The van der Waals surface area contributed by atoms with Crippen LogP contribution < -0.4 is 4.72 Å². The third-order valence-corrected chi connectivity index (χ3v) is 2.32. The van der Waals surface area contributed by atoms with Gasteiger partial charge in [0.25, 0.3) is 0 Å². The lowest BCUT2D eigenvalue weighted by Gasteiger charge is -2.11. The fourth-order valence-corrected chi connectivity index (χ4v) is 1.19. The lowest BCUT2D eigenvalue weighted by atomic mass is 11.5. The molecule has 12 heavy (non-hydrogen) atoms. The first kappa shape index (κ1) is 10.3. The molecule has 62 valence electrons. The van der Waals surface area contributed by atoms with Crippen molar-refractivity contribution < 1.29 is 4.33 Å². The van der Waals surface area contributed by atoms with Crippen LogP contribution >= 0.6 is 22.8 Å². The highest BCUT2D eigenvalue weighted by Crippen LogP contribution is 2.42. The van der Waals surface area contributed by atoms with E-state index in [4.69, 9.17) is 10.5 Å². The average Bonchev–Trinajstić information content (AvgIpc) is 2.03. The maximum absolute atomic E-state index is 10.3. The van der Waals surface area contributed by atoms with Gasteiger partial charge in [0.2, 0.25) is 5.40 Å². The number of nitro groups is 1. The molecule has 0 aromatic heterocycles. The molecule has 0 heterocycles. The van der Waals surface area contributed by atoms with Crippen LogP contribution in [0.3, 0.4) is 0 Å². The van der Waals surface area contributed by atoms with Crippen LogP contribution in [-0.4, -0.2) is 9.49 Å².